The summed E-state index contributed by atoms with van der Waals surface area (Å²) in [6.07, 6.45) is 2.40. The van der Waals surface area contributed by atoms with Crippen LogP contribution in [0.3, 0.4) is 0 Å². The maximum Gasteiger partial charge on any atom is 0.174 e. The van der Waals surface area contributed by atoms with Crippen molar-refractivity contribution in [1.29, 1.82) is 5.26 Å². The molecule has 0 aliphatic heterocycles. The summed E-state index contributed by atoms with van der Waals surface area (Å²) in [7, 11) is 0. The Morgan fingerprint density at radius 3 is 2.72 bits per heavy atom. The maximum absolute atomic E-state index is 11.7. The molecule has 0 aromatic carbocycles. The molecule has 0 atom stereocenters. The van der Waals surface area contributed by atoms with Crippen LogP contribution < -0.4 is 11.1 Å². The van der Waals surface area contributed by atoms with Crippen LogP contribution in [-0.2, 0) is 0 Å². The van der Waals surface area contributed by atoms with Gasteiger partial charge in [0.1, 0.15) is 16.6 Å². The summed E-state index contributed by atoms with van der Waals surface area (Å²) in [6.45, 7) is 6.41. The first-order chi connectivity index (χ1) is 8.51. The molecule has 1 aromatic rings. The molecule has 0 aliphatic carbocycles. The summed E-state index contributed by atoms with van der Waals surface area (Å²) in [4.78, 5) is 12.2. The van der Waals surface area contributed by atoms with Crippen LogP contribution in [0.1, 0.15) is 42.4 Å². The predicted molar refractivity (Wildman–Crippen MR) is 76.0 cm³/mol. The molecule has 0 saturated heterocycles. The van der Waals surface area contributed by atoms with Gasteiger partial charge < -0.3 is 11.1 Å². The Kier molecular flexibility index (Phi) is 4.93. The van der Waals surface area contributed by atoms with Crippen LogP contribution in [-0.4, -0.2) is 12.3 Å². The van der Waals surface area contributed by atoms with Gasteiger partial charge in [0, 0.05) is 13.0 Å². The van der Waals surface area contributed by atoms with E-state index in [0.717, 1.165) is 0 Å². The number of carbonyl (C=O) groups is 1. The number of nitriles is 1. The Hall–Kier alpha value is -1.80. The number of nitrogen functional groups attached to an aromatic ring is 1. The van der Waals surface area contributed by atoms with Gasteiger partial charge in [0.2, 0.25) is 0 Å². The van der Waals surface area contributed by atoms with Gasteiger partial charge >= 0.3 is 0 Å². The fourth-order valence-corrected chi connectivity index (χ4v) is 2.48. The molecule has 1 heterocycles. The number of anilines is 2. The molecule has 1 rings (SSSR count). The van der Waals surface area contributed by atoms with Crippen molar-refractivity contribution in [1.82, 2.24) is 0 Å². The molecule has 1 aromatic heterocycles. The van der Waals surface area contributed by atoms with E-state index in [2.05, 4.69) is 11.4 Å². The van der Waals surface area contributed by atoms with Crippen LogP contribution in [0, 0.1) is 11.3 Å². The molecule has 0 fully saturated rings. The molecule has 18 heavy (non-hydrogen) atoms. The van der Waals surface area contributed by atoms with Gasteiger partial charge in [-0.15, -0.1) is 11.3 Å². The monoisotopic (exact) mass is 263 g/mol. The molecule has 96 valence electrons. The van der Waals surface area contributed by atoms with E-state index in [9.17, 15) is 4.79 Å². The normalized spacial score (nSPS) is 9.67. The van der Waals surface area contributed by atoms with Crippen LogP contribution >= 0.6 is 11.3 Å². The van der Waals surface area contributed by atoms with Crippen LogP contribution in [0.4, 0.5) is 10.7 Å². The highest BCUT2D eigenvalue weighted by Gasteiger charge is 2.19. The Morgan fingerprint density at radius 2 is 2.22 bits per heavy atom. The second kappa shape index (κ2) is 6.22. The highest BCUT2D eigenvalue weighted by atomic mass is 32.1. The average molecular weight is 263 g/mol. The number of hydrogen-bond acceptors (Lipinski definition) is 5. The van der Waals surface area contributed by atoms with Crippen molar-refractivity contribution in [3.05, 3.63) is 22.1 Å². The zero-order valence-electron chi connectivity index (χ0n) is 10.8. The smallest absolute Gasteiger partial charge is 0.174 e. The molecule has 5 heteroatoms. The van der Waals surface area contributed by atoms with Gasteiger partial charge in [0.25, 0.3) is 0 Å². The molecule has 0 bridgehead atoms. The highest BCUT2D eigenvalue weighted by molar-refractivity contribution is 7.19. The second-order valence-electron chi connectivity index (χ2n) is 4.10. The summed E-state index contributed by atoms with van der Waals surface area (Å²) < 4.78 is 0. The minimum atomic E-state index is -0.0238. The first-order valence-electron chi connectivity index (χ1n) is 5.74. The fourth-order valence-electron chi connectivity index (χ4n) is 1.39. The van der Waals surface area contributed by atoms with Crippen molar-refractivity contribution in [2.24, 2.45) is 0 Å². The molecular weight excluding hydrogens is 246 g/mol. The van der Waals surface area contributed by atoms with E-state index in [0.29, 0.717) is 34.1 Å². The van der Waals surface area contributed by atoms with Crippen molar-refractivity contribution in [3.8, 4) is 6.07 Å². The predicted octanol–water partition coefficient (Wildman–Crippen LogP) is 3.17. The highest BCUT2D eigenvalue weighted by Crippen LogP contribution is 2.35. The van der Waals surface area contributed by atoms with Crippen molar-refractivity contribution in [3.63, 3.8) is 0 Å². The Balaban J connectivity index is 3.02. The summed E-state index contributed by atoms with van der Waals surface area (Å²) >= 11 is 1.26. The molecule has 0 unspecified atom stereocenters. The molecular formula is C13H17N3OS. The van der Waals surface area contributed by atoms with Crippen LogP contribution in [0.2, 0.25) is 0 Å². The number of hydrogen-bond donors (Lipinski definition) is 2. The minimum absolute atomic E-state index is 0.0238. The lowest BCUT2D eigenvalue weighted by atomic mass is 10.2. The third kappa shape index (κ3) is 3.11. The van der Waals surface area contributed by atoms with E-state index in [-0.39, 0.29) is 5.78 Å². The van der Waals surface area contributed by atoms with E-state index in [1.165, 1.54) is 16.9 Å². The number of Topliss-reactive ketones (excluding diaryl/α,β-unsaturated/α-hetero) is 1. The van der Waals surface area contributed by atoms with Gasteiger partial charge in [-0.1, -0.05) is 18.6 Å². The Morgan fingerprint density at radius 1 is 1.56 bits per heavy atom. The van der Waals surface area contributed by atoms with E-state index in [4.69, 9.17) is 11.0 Å². The molecule has 0 spiro atoms. The second-order valence-corrected chi connectivity index (χ2v) is 5.12. The molecule has 0 aliphatic rings. The number of nitrogens with zero attached hydrogens (tertiary/aromatic N) is 1. The lowest BCUT2D eigenvalue weighted by Gasteiger charge is -2.00. The van der Waals surface area contributed by atoms with Gasteiger partial charge in [-0.2, -0.15) is 5.26 Å². The third-order valence-corrected chi connectivity index (χ3v) is 3.61. The number of thiophene rings is 1. The van der Waals surface area contributed by atoms with Crippen LogP contribution in [0.15, 0.2) is 11.6 Å². The van der Waals surface area contributed by atoms with Crippen molar-refractivity contribution < 1.29 is 4.79 Å². The van der Waals surface area contributed by atoms with Gasteiger partial charge in [0.05, 0.1) is 10.6 Å². The summed E-state index contributed by atoms with van der Waals surface area (Å²) in [5, 5.41) is 12.9. The number of carbonyl (C=O) groups excluding carboxylic acids is 1. The van der Waals surface area contributed by atoms with E-state index >= 15 is 0 Å². The van der Waals surface area contributed by atoms with Crippen molar-refractivity contribution in [2.75, 3.05) is 17.6 Å². The largest absolute Gasteiger partial charge is 0.396 e. The quantitative estimate of drug-likeness (QED) is 0.631. The Bertz CT molecular complexity index is 519. The number of nitrogens with two attached hydrogens (primary N) is 1. The number of nitrogens with one attached hydrogen (secondary N) is 1. The first-order valence-corrected chi connectivity index (χ1v) is 6.55. The van der Waals surface area contributed by atoms with E-state index in [1.807, 2.05) is 19.9 Å². The van der Waals surface area contributed by atoms with E-state index < -0.39 is 0 Å². The Labute approximate surface area is 111 Å². The molecule has 0 radical (unpaired) electrons. The maximum atomic E-state index is 11.7. The van der Waals surface area contributed by atoms with Gasteiger partial charge in [-0.25, -0.2) is 0 Å². The summed E-state index contributed by atoms with van der Waals surface area (Å²) in [5.74, 6) is -0.0238. The number of ketones is 1. The van der Waals surface area contributed by atoms with Gasteiger partial charge in [0.15, 0.2) is 5.78 Å². The third-order valence-electron chi connectivity index (χ3n) is 2.40. The first kappa shape index (κ1) is 14.3. The SMILES string of the molecule is CCC(=O)c1sc(NCC=C(C)C)c(C#N)c1N. The summed E-state index contributed by atoms with van der Waals surface area (Å²) in [6, 6.07) is 2.05. The molecule has 3 N–H and O–H groups in total. The lowest BCUT2D eigenvalue weighted by Crippen LogP contribution is -2.00. The topological polar surface area (TPSA) is 78.9 Å². The minimum Gasteiger partial charge on any atom is -0.396 e. The summed E-state index contributed by atoms with van der Waals surface area (Å²) in [5.41, 5.74) is 7.70. The fraction of sp³-hybridized carbons (Fsp3) is 0.385. The van der Waals surface area contributed by atoms with Crippen molar-refractivity contribution in [2.45, 2.75) is 27.2 Å². The number of rotatable bonds is 5. The van der Waals surface area contributed by atoms with Crippen LogP contribution in [0.5, 0.6) is 0 Å². The van der Waals surface area contributed by atoms with E-state index in [1.54, 1.807) is 6.92 Å². The van der Waals surface area contributed by atoms with Crippen LogP contribution in [0.25, 0.3) is 0 Å². The zero-order chi connectivity index (χ0) is 13.7. The van der Waals surface area contributed by atoms with Gasteiger partial charge in [-0.3, -0.25) is 4.79 Å². The lowest BCUT2D eigenvalue weighted by molar-refractivity contribution is 0.0993. The molecule has 0 amide bonds. The molecule has 0 saturated carbocycles. The average Bonchev–Trinajstić information content (AvgIpc) is 2.64. The standard InChI is InChI=1S/C13H17N3OS/c1-4-10(17)12-11(15)9(7-14)13(18-12)16-6-5-8(2)3/h5,16H,4,6,15H2,1-3H3. The molecule has 4 nitrogen and oxygen atoms in total. The van der Waals surface area contributed by atoms with Gasteiger partial charge in [-0.05, 0) is 13.8 Å². The van der Waals surface area contributed by atoms with Crippen molar-refractivity contribution >= 4 is 27.8 Å². The number of allylic oxidation sites excluding steroid dienone is 1. The zero-order valence-corrected chi connectivity index (χ0v) is 11.6.